The predicted octanol–water partition coefficient (Wildman–Crippen LogP) is 1.18. The summed E-state index contributed by atoms with van der Waals surface area (Å²) < 4.78 is 0. The molecule has 1 aliphatic rings. The number of likely N-dealkylation sites (N-methyl/N-ethyl adjacent to an activating group) is 1. The molecule has 1 unspecified atom stereocenters. The molecule has 1 atom stereocenters. The van der Waals surface area contributed by atoms with Crippen molar-refractivity contribution >= 4 is 0 Å². The highest BCUT2D eigenvalue weighted by Gasteiger charge is 2.17. The second-order valence-electron chi connectivity index (χ2n) is 2.99. The lowest BCUT2D eigenvalue weighted by molar-refractivity contribution is 0.208. The Morgan fingerprint density at radius 3 is 3.00 bits per heavy atom. The molecule has 1 rings (SSSR count). The summed E-state index contributed by atoms with van der Waals surface area (Å²) in [5.74, 6) is 0. The fourth-order valence-electron chi connectivity index (χ4n) is 1.55. The molecule has 0 radical (unpaired) electrons. The maximum Gasteiger partial charge on any atom is 0.176 e. The van der Waals surface area contributed by atoms with E-state index in [0.717, 1.165) is 19.5 Å². The van der Waals surface area contributed by atoms with Crippen LogP contribution in [-0.4, -0.2) is 30.6 Å². The van der Waals surface area contributed by atoms with Gasteiger partial charge in [0, 0.05) is 12.6 Å². The molecule has 1 fully saturated rings. The van der Waals surface area contributed by atoms with E-state index >= 15 is 0 Å². The Bertz CT molecular complexity index is 150. The number of hydrogen-bond acceptors (Lipinski definition) is 3. The second-order valence-corrected chi connectivity index (χ2v) is 2.99. The van der Waals surface area contributed by atoms with Gasteiger partial charge in [-0.3, -0.25) is 0 Å². The standard InChI is InChI=1S/C8H15N3.CH4/c1-2-11-5-3-4-8(6-11)10-7-9;/h8,10H,2-6H2,1H3;1H4. The predicted molar refractivity (Wildman–Crippen MR) is 50.6 cm³/mol. The highest BCUT2D eigenvalue weighted by atomic mass is 15.2. The minimum Gasteiger partial charge on any atom is -0.319 e. The van der Waals surface area contributed by atoms with Crippen LogP contribution in [0.25, 0.3) is 0 Å². The van der Waals surface area contributed by atoms with Crippen molar-refractivity contribution in [3.63, 3.8) is 0 Å². The summed E-state index contributed by atoms with van der Waals surface area (Å²) in [7, 11) is 0. The highest BCUT2D eigenvalue weighted by molar-refractivity contribution is 4.82. The molecule has 3 nitrogen and oxygen atoms in total. The van der Waals surface area contributed by atoms with Crippen molar-refractivity contribution in [3.05, 3.63) is 0 Å². The Morgan fingerprint density at radius 2 is 2.42 bits per heavy atom. The van der Waals surface area contributed by atoms with Crippen molar-refractivity contribution in [2.24, 2.45) is 0 Å². The van der Waals surface area contributed by atoms with Gasteiger partial charge in [0.2, 0.25) is 0 Å². The fourth-order valence-corrected chi connectivity index (χ4v) is 1.55. The van der Waals surface area contributed by atoms with E-state index in [2.05, 4.69) is 17.1 Å². The van der Waals surface area contributed by atoms with Crippen molar-refractivity contribution in [3.8, 4) is 6.19 Å². The third kappa shape index (κ3) is 3.10. The molecule has 1 N–H and O–H groups in total. The van der Waals surface area contributed by atoms with E-state index in [4.69, 9.17) is 5.26 Å². The lowest BCUT2D eigenvalue weighted by Gasteiger charge is -2.30. The lowest BCUT2D eigenvalue weighted by Crippen LogP contribution is -2.43. The summed E-state index contributed by atoms with van der Waals surface area (Å²) in [5, 5.41) is 11.2. The molecular weight excluding hydrogens is 150 g/mol. The summed E-state index contributed by atoms with van der Waals surface area (Å²) in [4.78, 5) is 2.37. The maximum atomic E-state index is 8.40. The first kappa shape index (κ1) is 11.2. The van der Waals surface area contributed by atoms with E-state index in [-0.39, 0.29) is 7.43 Å². The van der Waals surface area contributed by atoms with Gasteiger partial charge in [0.1, 0.15) is 0 Å². The number of hydrogen-bond donors (Lipinski definition) is 1. The molecule has 1 heterocycles. The molecule has 0 saturated carbocycles. The molecule has 1 aliphatic heterocycles. The molecule has 1 saturated heterocycles. The minimum atomic E-state index is 0. The first-order chi connectivity index (χ1) is 5.36. The van der Waals surface area contributed by atoms with Crippen LogP contribution in [0.5, 0.6) is 0 Å². The Balaban J connectivity index is 0.00000121. The summed E-state index contributed by atoms with van der Waals surface area (Å²) >= 11 is 0. The largest absolute Gasteiger partial charge is 0.319 e. The molecule has 0 aliphatic carbocycles. The first-order valence-corrected chi connectivity index (χ1v) is 4.23. The summed E-state index contributed by atoms with van der Waals surface area (Å²) in [6.07, 6.45) is 4.36. The van der Waals surface area contributed by atoms with Crippen LogP contribution >= 0.6 is 0 Å². The third-order valence-electron chi connectivity index (χ3n) is 2.22. The van der Waals surface area contributed by atoms with Crippen molar-refractivity contribution in [2.45, 2.75) is 33.2 Å². The molecule has 12 heavy (non-hydrogen) atoms. The van der Waals surface area contributed by atoms with Gasteiger partial charge in [0.05, 0.1) is 0 Å². The number of nitrogens with one attached hydrogen (secondary N) is 1. The summed E-state index contributed by atoms with van der Waals surface area (Å²) in [6.45, 7) is 5.49. The molecule has 0 spiro atoms. The van der Waals surface area contributed by atoms with Crippen molar-refractivity contribution in [1.29, 1.82) is 5.26 Å². The Hall–Kier alpha value is -0.750. The molecule has 0 aromatic carbocycles. The van der Waals surface area contributed by atoms with Crippen LogP contribution in [0, 0.1) is 11.5 Å². The molecule has 0 bridgehead atoms. The number of piperidine rings is 1. The van der Waals surface area contributed by atoms with Gasteiger partial charge in [-0.05, 0) is 25.9 Å². The molecular formula is C9H19N3. The lowest BCUT2D eigenvalue weighted by atomic mass is 10.1. The smallest absolute Gasteiger partial charge is 0.176 e. The third-order valence-corrected chi connectivity index (χ3v) is 2.22. The zero-order valence-electron chi connectivity index (χ0n) is 7.01. The monoisotopic (exact) mass is 169 g/mol. The van der Waals surface area contributed by atoms with Crippen LogP contribution in [0.2, 0.25) is 0 Å². The van der Waals surface area contributed by atoms with Gasteiger partial charge in [0.15, 0.2) is 6.19 Å². The van der Waals surface area contributed by atoms with Gasteiger partial charge in [-0.1, -0.05) is 14.4 Å². The van der Waals surface area contributed by atoms with E-state index in [1.165, 1.54) is 13.0 Å². The Morgan fingerprint density at radius 1 is 1.67 bits per heavy atom. The Kier molecular flexibility index (Phi) is 5.48. The van der Waals surface area contributed by atoms with Crippen LogP contribution < -0.4 is 5.32 Å². The van der Waals surface area contributed by atoms with Crippen LogP contribution in [0.4, 0.5) is 0 Å². The van der Waals surface area contributed by atoms with Crippen molar-refractivity contribution in [1.82, 2.24) is 10.2 Å². The molecule has 70 valence electrons. The van der Waals surface area contributed by atoms with Crippen LogP contribution in [0.1, 0.15) is 27.2 Å². The number of nitrogens with zero attached hydrogens (tertiary/aromatic N) is 2. The van der Waals surface area contributed by atoms with Gasteiger partial charge in [-0.25, -0.2) is 0 Å². The van der Waals surface area contributed by atoms with E-state index in [1.807, 2.05) is 6.19 Å². The van der Waals surface area contributed by atoms with E-state index in [1.54, 1.807) is 0 Å². The first-order valence-electron chi connectivity index (χ1n) is 4.23. The molecule has 0 aromatic rings. The average Bonchev–Trinajstić information content (AvgIpc) is 2.06. The average molecular weight is 169 g/mol. The number of likely N-dealkylation sites (tertiary alicyclic amines) is 1. The fraction of sp³-hybridized carbons (Fsp3) is 0.889. The van der Waals surface area contributed by atoms with Gasteiger partial charge >= 0.3 is 0 Å². The molecule has 0 aromatic heterocycles. The Labute approximate surface area is 75.4 Å². The topological polar surface area (TPSA) is 39.1 Å². The number of nitriles is 1. The normalized spacial score (nSPS) is 23.8. The SMILES string of the molecule is C.CCN1CCCC(NC#N)C1. The van der Waals surface area contributed by atoms with Crippen LogP contribution in [0.15, 0.2) is 0 Å². The van der Waals surface area contributed by atoms with E-state index in [9.17, 15) is 0 Å². The highest BCUT2D eigenvalue weighted by Crippen LogP contribution is 2.08. The van der Waals surface area contributed by atoms with E-state index in [0.29, 0.717) is 6.04 Å². The van der Waals surface area contributed by atoms with Gasteiger partial charge in [-0.15, -0.1) is 0 Å². The zero-order valence-corrected chi connectivity index (χ0v) is 7.01. The van der Waals surface area contributed by atoms with E-state index < -0.39 is 0 Å². The van der Waals surface area contributed by atoms with Crippen molar-refractivity contribution in [2.75, 3.05) is 19.6 Å². The van der Waals surface area contributed by atoms with Crippen LogP contribution in [0.3, 0.4) is 0 Å². The van der Waals surface area contributed by atoms with Gasteiger partial charge in [-0.2, -0.15) is 5.26 Å². The quantitative estimate of drug-likeness (QED) is 0.498. The minimum absolute atomic E-state index is 0. The molecule has 0 amide bonds. The van der Waals surface area contributed by atoms with Gasteiger partial charge < -0.3 is 10.2 Å². The zero-order chi connectivity index (χ0) is 8.10. The molecule has 3 heteroatoms. The summed E-state index contributed by atoms with van der Waals surface area (Å²) in [6, 6.07) is 0.397. The summed E-state index contributed by atoms with van der Waals surface area (Å²) in [5.41, 5.74) is 0. The number of rotatable bonds is 2. The van der Waals surface area contributed by atoms with Gasteiger partial charge in [0.25, 0.3) is 0 Å². The van der Waals surface area contributed by atoms with Crippen LogP contribution in [-0.2, 0) is 0 Å². The maximum absolute atomic E-state index is 8.40. The van der Waals surface area contributed by atoms with Crippen molar-refractivity contribution < 1.29 is 0 Å². The second kappa shape index (κ2) is 5.84.